The minimum Gasteiger partial charge on any atom is -0.493 e. The first-order chi connectivity index (χ1) is 17.9. The Morgan fingerprint density at radius 3 is 2.30 bits per heavy atom. The number of ether oxygens (including phenoxy) is 3. The van der Waals surface area contributed by atoms with Crippen molar-refractivity contribution in [1.29, 1.82) is 0 Å². The van der Waals surface area contributed by atoms with Crippen molar-refractivity contribution in [3.05, 3.63) is 87.7 Å². The average Bonchev–Trinajstić information content (AvgIpc) is 3.33. The number of thioether (sulfide) groups is 1. The highest BCUT2D eigenvalue weighted by Crippen LogP contribution is 2.38. The third kappa shape index (κ3) is 6.26. The lowest BCUT2D eigenvalue weighted by molar-refractivity contribution is 0.0949. The topological polar surface area (TPSA) is 87.5 Å². The summed E-state index contributed by atoms with van der Waals surface area (Å²) in [4.78, 5) is 13.1. The normalized spacial score (nSPS) is 10.7. The Balaban J connectivity index is 1.58. The Bertz CT molecular complexity index is 1370. The number of nitrogens with zero attached hydrogens (tertiary/aromatic N) is 3. The Morgan fingerprint density at radius 1 is 0.973 bits per heavy atom. The van der Waals surface area contributed by atoms with Crippen LogP contribution < -0.4 is 19.5 Å². The summed E-state index contributed by atoms with van der Waals surface area (Å²) in [6.45, 7) is 2.21. The second kappa shape index (κ2) is 12.2. The van der Waals surface area contributed by atoms with Crippen LogP contribution >= 0.6 is 27.7 Å². The SMILES string of the molecule is COc1cc(C(=O)NCc2nnc(SCc3ccc(Br)cc3)n2-c2cccc(C)c2)cc(OC)c1OC. The lowest BCUT2D eigenvalue weighted by Crippen LogP contribution is -2.25. The molecule has 4 rings (SSSR count). The van der Waals surface area contributed by atoms with Gasteiger partial charge in [-0.3, -0.25) is 9.36 Å². The van der Waals surface area contributed by atoms with Gasteiger partial charge in [0, 0.05) is 21.5 Å². The van der Waals surface area contributed by atoms with Crippen molar-refractivity contribution in [1.82, 2.24) is 20.1 Å². The second-order valence-electron chi connectivity index (χ2n) is 8.09. The molecule has 0 bridgehead atoms. The van der Waals surface area contributed by atoms with Gasteiger partial charge >= 0.3 is 0 Å². The standard InChI is InChI=1S/C27H27BrN4O4S/c1-17-6-5-7-21(12-17)32-24(30-31-27(32)37-16-18-8-10-20(28)11-9-18)15-29-26(33)19-13-22(34-2)25(36-4)23(14-19)35-3/h5-14H,15-16H2,1-4H3,(H,29,33). The fraction of sp³-hybridized carbons (Fsp3) is 0.222. The Hall–Kier alpha value is -3.50. The highest BCUT2D eigenvalue weighted by Gasteiger charge is 2.19. The first-order valence-corrected chi connectivity index (χ1v) is 13.2. The van der Waals surface area contributed by atoms with Gasteiger partial charge in [-0.1, -0.05) is 52.0 Å². The highest BCUT2D eigenvalue weighted by molar-refractivity contribution is 9.10. The number of amides is 1. The summed E-state index contributed by atoms with van der Waals surface area (Å²) in [5, 5.41) is 12.5. The van der Waals surface area contributed by atoms with E-state index in [2.05, 4.69) is 49.6 Å². The van der Waals surface area contributed by atoms with Gasteiger partial charge in [-0.15, -0.1) is 10.2 Å². The van der Waals surface area contributed by atoms with Crippen LogP contribution in [0.1, 0.15) is 27.3 Å². The van der Waals surface area contributed by atoms with Crippen LogP contribution in [0, 0.1) is 6.92 Å². The predicted octanol–water partition coefficient (Wildman–Crippen LogP) is 5.59. The van der Waals surface area contributed by atoms with Crippen LogP contribution in [0.5, 0.6) is 17.2 Å². The van der Waals surface area contributed by atoms with Gasteiger partial charge in [-0.25, -0.2) is 0 Å². The molecule has 0 aliphatic rings. The lowest BCUT2D eigenvalue weighted by Gasteiger charge is -2.14. The number of hydrogen-bond acceptors (Lipinski definition) is 7. The van der Waals surface area contributed by atoms with E-state index in [0.29, 0.717) is 28.6 Å². The number of halogens is 1. The minimum atomic E-state index is -0.304. The summed E-state index contributed by atoms with van der Waals surface area (Å²) < 4.78 is 19.1. The van der Waals surface area contributed by atoms with Gasteiger partial charge in [-0.2, -0.15) is 0 Å². The van der Waals surface area contributed by atoms with E-state index in [0.717, 1.165) is 26.6 Å². The van der Waals surface area contributed by atoms with Gasteiger partial charge in [-0.05, 0) is 54.4 Å². The van der Waals surface area contributed by atoms with Crippen LogP contribution in [0.4, 0.5) is 0 Å². The summed E-state index contributed by atoms with van der Waals surface area (Å²) in [6, 6.07) is 19.5. The molecule has 1 heterocycles. The molecule has 3 aromatic carbocycles. The zero-order valence-corrected chi connectivity index (χ0v) is 23.4. The minimum absolute atomic E-state index is 0.176. The van der Waals surface area contributed by atoms with E-state index in [1.807, 2.05) is 41.8 Å². The summed E-state index contributed by atoms with van der Waals surface area (Å²) in [5.41, 5.74) is 3.59. The van der Waals surface area contributed by atoms with Crippen molar-refractivity contribution in [2.45, 2.75) is 24.4 Å². The molecule has 0 unspecified atom stereocenters. The fourth-order valence-electron chi connectivity index (χ4n) is 3.74. The zero-order chi connectivity index (χ0) is 26.4. The van der Waals surface area contributed by atoms with E-state index in [9.17, 15) is 4.79 Å². The van der Waals surface area contributed by atoms with E-state index in [-0.39, 0.29) is 12.5 Å². The highest BCUT2D eigenvalue weighted by atomic mass is 79.9. The first kappa shape index (κ1) is 26.6. The van der Waals surface area contributed by atoms with Crippen molar-refractivity contribution in [2.75, 3.05) is 21.3 Å². The molecule has 0 spiro atoms. The van der Waals surface area contributed by atoms with Gasteiger partial charge in [0.2, 0.25) is 5.75 Å². The Labute approximate surface area is 228 Å². The molecule has 0 radical (unpaired) electrons. The van der Waals surface area contributed by atoms with Crippen LogP contribution in [0.25, 0.3) is 5.69 Å². The van der Waals surface area contributed by atoms with Gasteiger partial charge in [0.25, 0.3) is 5.91 Å². The maximum absolute atomic E-state index is 13.1. The molecule has 0 fully saturated rings. The summed E-state index contributed by atoms with van der Waals surface area (Å²) in [7, 11) is 4.54. The monoisotopic (exact) mass is 582 g/mol. The maximum atomic E-state index is 13.1. The van der Waals surface area contributed by atoms with Crippen LogP contribution in [-0.4, -0.2) is 42.0 Å². The largest absolute Gasteiger partial charge is 0.493 e. The molecule has 0 atom stereocenters. The molecule has 1 aromatic heterocycles. The second-order valence-corrected chi connectivity index (χ2v) is 9.94. The van der Waals surface area contributed by atoms with Crippen molar-refractivity contribution < 1.29 is 19.0 Å². The molecule has 1 N–H and O–H groups in total. The van der Waals surface area contributed by atoms with Crippen LogP contribution in [0.3, 0.4) is 0 Å². The number of nitrogens with one attached hydrogen (secondary N) is 1. The third-order valence-electron chi connectivity index (χ3n) is 5.58. The van der Waals surface area contributed by atoms with E-state index >= 15 is 0 Å². The summed E-state index contributed by atoms with van der Waals surface area (Å²) in [5.74, 6) is 2.28. The first-order valence-electron chi connectivity index (χ1n) is 11.4. The van der Waals surface area contributed by atoms with Crippen LogP contribution in [-0.2, 0) is 12.3 Å². The number of aryl methyl sites for hydroxylation is 1. The summed E-state index contributed by atoms with van der Waals surface area (Å²) >= 11 is 5.06. The number of carbonyl (C=O) groups is 1. The van der Waals surface area contributed by atoms with Gasteiger partial charge < -0.3 is 19.5 Å². The molecule has 192 valence electrons. The Morgan fingerprint density at radius 2 is 1.68 bits per heavy atom. The van der Waals surface area contributed by atoms with Crippen molar-refractivity contribution in [2.24, 2.45) is 0 Å². The van der Waals surface area contributed by atoms with Crippen LogP contribution in [0.2, 0.25) is 0 Å². The number of benzene rings is 3. The van der Waals surface area contributed by atoms with Crippen molar-refractivity contribution in [3.63, 3.8) is 0 Å². The van der Waals surface area contributed by atoms with E-state index in [4.69, 9.17) is 14.2 Å². The molecule has 1 amide bonds. The van der Waals surface area contributed by atoms with Gasteiger partial charge in [0.1, 0.15) is 0 Å². The Kier molecular flexibility index (Phi) is 8.73. The van der Waals surface area contributed by atoms with E-state index in [1.54, 1.807) is 23.9 Å². The maximum Gasteiger partial charge on any atom is 0.251 e. The molecule has 0 saturated carbocycles. The van der Waals surface area contributed by atoms with E-state index < -0.39 is 0 Å². The molecule has 10 heteroatoms. The van der Waals surface area contributed by atoms with Crippen molar-refractivity contribution in [3.8, 4) is 22.9 Å². The predicted molar refractivity (Wildman–Crippen MR) is 147 cm³/mol. The number of carbonyl (C=O) groups excluding carboxylic acids is 1. The quantitative estimate of drug-likeness (QED) is 0.244. The summed E-state index contributed by atoms with van der Waals surface area (Å²) in [6.07, 6.45) is 0. The molecular weight excluding hydrogens is 556 g/mol. The third-order valence-corrected chi connectivity index (χ3v) is 7.10. The lowest BCUT2D eigenvalue weighted by atomic mass is 10.1. The molecule has 0 saturated heterocycles. The number of hydrogen-bond donors (Lipinski definition) is 1. The molecule has 4 aromatic rings. The molecular formula is C27H27BrN4O4S. The smallest absolute Gasteiger partial charge is 0.251 e. The fourth-order valence-corrected chi connectivity index (χ4v) is 4.93. The molecule has 8 nitrogen and oxygen atoms in total. The number of aromatic nitrogens is 3. The zero-order valence-electron chi connectivity index (χ0n) is 20.9. The number of methoxy groups -OCH3 is 3. The molecule has 0 aliphatic heterocycles. The van der Waals surface area contributed by atoms with Gasteiger partial charge in [0.15, 0.2) is 22.5 Å². The number of rotatable bonds is 10. The molecule has 37 heavy (non-hydrogen) atoms. The van der Waals surface area contributed by atoms with Crippen LogP contribution in [0.15, 0.2) is 70.3 Å². The molecule has 0 aliphatic carbocycles. The average molecular weight is 584 g/mol. The van der Waals surface area contributed by atoms with E-state index in [1.165, 1.54) is 26.9 Å². The van der Waals surface area contributed by atoms with Gasteiger partial charge in [0.05, 0.1) is 27.9 Å². The van der Waals surface area contributed by atoms with Crippen molar-refractivity contribution >= 4 is 33.6 Å².